The standard InChI is InChI=1S/C23H33N5O4/c1-3-4-5-9-25-22-21-19(26-23(24)27-22)8-10-28(21)12-17-7-6-16(11-20(17)31-2)14-32-15-18(30)13-29/h6-8,10-11,18,29-30H,3-5,9,12-15H2,1-2H3,(H3,24,25,26,27)/t18-/m0/s1. The van der Waals surface area contributed by atoms with E-state index in [1.807, 2.05) is 30.5 Å². The molecule has 0 aliphatic carbocycles. The third-order valence-electron chi connectivity index (χ3n) is 5.18. The predicted octanol–water partition coefficient (Wildman–Crippen LogP) is 2.54. The summed E-state index contributed by atoms with van der Waals surface area (Å²) in [4.78, 5) is 8.81. The Labute approximate surface area is 188 Å². The van der Waals surface area contributed by atoms with Gasteiger partial charge in [-0.3, -0.25) is 0 Å². The summed E-state index contributed by atoms with van der Waals surface area (Å²) in [7, 11) is 1.64. The van der Waals surface area contributed by atoms with Crippen molar-refractivity contribution in [2.24, 2.45) is 0 Å². The Morgan fingerprint density at radius 1 is 1.22 bits per heavy atom. The second-order valence-corrected chi connectivity index (χ2v) is 7.74. The molecule has 0 saturated carbocycles. The zero-order valence-electron chi connectivity index (χ0n) is 18.8. The van der Waals surface area contributed by atoms with Gasteiger partial charge in [0.05, 0.1) is 39.0 Å². The molecule has 0 fully saturated rings. The van der Waals surface area contributed by atoms with Crippen LogP contribution in [0.25, 0.3) is 11.0 Å². The fraction of sp³-hybridized carbons (Fsp3) is 0.478. The lowest BCUT2D eigenvalue weighted by Gasteiger charge is -2.15. The minimum atomic E-state index is -0.876. The summed E-state index contributed by atoms with van der Waals surface area (Å²) in [5, 5.41) is 21.7. The van der Waals surface area contributed by atoms with Gasteiger partial charge < -0.3 is 35.3 Å². The van der Waals surface area contributed by atoms with Crippen LogP contribution in [0.15, 0.2) is 30.5 Å². The largest absolute Gasteiger partial charge is 0.496 e. The molecular weight excluding hydrogens is 410 g/mol. The van der Waals surface area contributed by atoms with Gasteiger partial charge in [-0.2, -0.15) is 4.98 Å². The highest BCUT2D eigenvalue weighted by molar-refractivity contribution is 5.87. The summed E-state index contributed by atoms with van der Waals surface area (Å²) in [6.45, 7) is 3.65. The third-order valence-corrected chi connectivity index (χ3v) is 5.18. The van der Waals surface area contributed by atoms with E-state index in [1.54, 1.807) is 7.11 Å². The number of hydrogen-bond acceptors (Lipinski definition) is 8. The number of anilines is 2. The van der Waals surface area contributed by atoms with Gasteiger partial charge >= 0.3 is 0 Å². The van der Waals surface area contributed by atoms with Gasteiger partial charge in [0.2, 0.25) is 5.95 Å². The Bertz CT molecular complexity index is 1010. The summed E-state index contributed by atoms with van der Waals surface area (Å²) in [6.07, 6.45) is 4.48. The number of ether oxygens (including phenoxy) is 2. The van der Waals surface area contributed by atoms with Gasteiger partial charge in [-0.05, 0) is 24.1 Å². The number of aliphatic hydroxyl groups is 2. The van der Waals surface area contributed by atoms with Crippen LogP contribution >= 0.6 is 0 Å². The number of hydrogen-bond donors (Lipinski definition) is 4. The zero-order chi connectivity index (χ0) is 22.9. The maximum atomic E-state index is 9.41. The maximum Gasteiger partial charge on any atom is 0.222 e. The normalized spacial score (nSPS) is 12.2. The molecule has 0 radical (unpaired) electrons. The first kappa shape index (κ1) is 23.8. The Hall–Kier alpha value is -2.88. The summed E-state index contributed by atoms with van der Waals surface area (Å²) in [5.74, 6) is 1.73. The first-order chi connectivity index (χ1) is 15.5. The number of nitrogens with zero attached hydrogens (tertiary/aromatic N) is 3. The van der Waals surface area contributed by atoms with Crippen LogP contribution in [0, 0.1) is 0 Å². The van der Waals surface area contributed by atoms with E-state index in [2.05, 4.69) is 26.8 Å². The predicted molar refractivity (Wildman–Crippen MR) is 125 cm³/mol. The molecule has 0 aliphatic heterocycles. The molecule has 0 bridgehead atoms. The van der Waals surface area contributed by atoms with Gasteiger partial charge in [0.1, 0.15) is 17.4 Å². The molecule has 0 saturated heterocycles. The second-order valence-electron chi connectivity index (χ2n) is 7.74. The van der Waals surface area contributed by atoms with E-state index in [4.69, 9.17) is 20.3 Å². The minimum absolute atomic E-state index is 0.0765. The Balaban J connectivity index is 1.79. The molecule has 5 N–H and O–H groups in total. The molecule has 0 unspecified atom stereocenters. The molecule has 0 amide bonds. The van der Waals surface area contributed by atoms with Crippen molar-refractivity contribution in [3.63, 3.8) is 0 Å². The number of aromatic nitrogens is 3. The number of nitrogen functional groups attached to an aromatic ring is 1. The van der Waals surface area contributed by atoms with Crippen molar-refractivity contribution in [2.45, 2.75) is 45.4 Å². The number of unbranched alkanes of at least 4 members (excludes halogenated alkanes) is 2. The summed E-state index contributed by atoms with van der Waals surface area (Å²) in [6, 6.07) is 7.82. The second kappa shape index (κ2) is 11.7. The molecule has 0 spiro atoms. The quantitative estimate of drug-likeness (QED) is 0.297. The van der Waals surface area contributed by atoms with Gasteiger partial charge in [-0.25, -0.2) is 4.98 Å². The van der Waals surface area contributed by atoms with E-state index >= 15 is 0 Å². The third kappa shape index (κ3) is 6.09. The van der Waals surface area contributed by atoms with Crippen LogP contribution in [0.4, 0.5) is 11.8 Å². The smallest absolute Gasteiger partial charge is 0.222 e. The summed E-state index contributed by atoms with van der Waals surface area (Å²) < 4.78 is 13.1. The highest BCUT2D eigenvalue weighted by atomic mass is 16.5. The van der Waals surface area contributed by atoms with E-state index in [9.17, 15) is 5.11 Å². The van der Waals surface area contributed by atoms with Crippen LogP contribution in [-0.2, 0) is 17.9 Å². The van der Waals surface area contributed by atoms with Crippen molar-refractivity contribution in [2.75, 3.05) is 37.9 Å². The van der Waals surface area contributed by atoms with Crippen LogP contribution in [0.2, 0.25) is 0 Å². The average Bonchev–Trinajstić information content (AvgIpc) is 3.19. The van der Waals surface area contributed by atoms with Crippen molar-refractivity contribution < 1.29 is 19.7 Å². The van der Waals surface area contributed by atoms with Crippen LogP contribution in [0.5, 0.6) is 5.75 Å². The summed E-state index contributed by atoms with van der Waals surface area (Å²) >= 11 is 0. The van der Waals surface area contributed by atoms with Gasteiger partial charge in [0.15, 0.2) is 5.82 Å². The number of aliphatic hydroxyl groups excluding tert-OH is 2. The molecule has 3 rings (SSSR count). The first-order valence-electron chi connectivity index (χ1n) is 10.9. The molecule has 2 aromatic heterocycles. The number of benzene rings is 1. The number of rotatable bonds is 13. The lowest BCUT2D eigenvalue weighted by atomic mass is 10.1. The minimum Gasteiger partial charge on any atom is -0.496 e. The topological polar surface area (TPSA) is 128 Å². The number of fused-ring (bicyclic) bond motifs is 1. The van der Waals surface area contributed by atoms with Gasteiger partial charge in [-0.15, -0.1) is 0 Å². The van der Waals surface area contributed by atoms with E-state index in [0.29, 0.717) is 13.2 Å². The fourth-order valence-electron chi connectivity index (χ4n) is 3.52. The number of nitrogens with one attached hydrogen (secondary N) is 1. The van der Waals surface area contributed by atoms with E-state index in [-0.39, 0.29) is 19.2 Å². The van der Waals surface area contributed by atoms with Crippen molar-refractivity contribution in [1.29, 1.82) is 0 Å². The van der Waals surface area contributed by atoms with Crippen molar-refractivity contribution in [3.8, 4) is 5.75 Å². The van der Waals surface area contributed by atoms with Gasteiger partial charge in [-0.1, -0.05) is 31.9 Å². The molecule has 1 aromatic carbocycles. The van der Waals surface area contributed by atoms with Crippen molar-refractivity contribution in [3.05, 3.63) is 41.6 Å². The molecular formula is C23H33N5O4. The fourth-order valence-corrected chi connectivity index (χ4v) is 3.52. The van der Waals surface area contributed by atoms with E-state index < -0.39 is 6.10 Å². The number of nitrogens with two attached hydrogens (primary N) is 1. The molecule has 1 atom stereocenters. The van der Waals surface area contributed by atoms with E-state index in [1.165, 1.54) is 0 Å². The van der Waals surface area contributed by atoms with E-state index in [0.717, 1.165) is 59.5 Å². The van der Waals surface area contributed by atoms with Crippen molar-refractivity contribution in [1.82, 2.24) is 14.5 Å². The Kier molecular flexibility index (Phi) is 8.66. The Morgan fingerprint density at radius 3 is 2.81 bits per heavy atom. The maximum absolute atomic E-state index is 9.41. The SMILES string of the molecule is CCCCCNc1nc(N)nc2ccn(Cc3ccc(COC[C@@H](O)CO)cc3OC)c12. The molecule has 0 aliphatic rings. The zero-order valence-corrected chi connectivity index (χ0v) is 18.8. The number of methoxy groups -OCH3 is 1. The molecule has 9 nitrogen and oxygen atoms in total. The molecule has 32 heavy (non-hydrogen) atoms. The molecule has 2 heterocycles. The Morgan fingerprint density at radius 2 is 2.06 bits per heavy atom. The highest BCUT2D eigenvalue weighted by Crippen LogP contribution is 2.27. The van der Waals surface area contributed by atoms with Crippen LogP contribution in [0.1, 0.15) is 37.3 Å². The van der Waals surface area contributed by atoms with Crippen molar-refractivity contribution >= 4 is 22.8 Å². The average molecular weight is 444 g/mol. The molecule has 174 valence electrons. The van der Waals surface area contributed by atoms with Gasteiger partial charge in [0.25, 0.3) is 0 Å². The summed E-state index contributed by atoms with van der Waals surface area (Å²) in [5.41, 5.74) is 9.53. The lowest BCUT2D eigenvalue weighted by molar-refractivity contribution is -0.0000112. The molecule has 9 heteroatoms. The monoisotopic (exact) mass is 443 g/mol. The highest BCUT2D eigenvalue weighted by Gasteiger charge is 2.14. The lowest BCUT2D eigenvalue weighted by Crippen LogP contribution is -2.19. The van der Waals surface area contributed by atoms with Gasteiger partial charge in [0, 0.05) is 18.3 Å². The van der Waals surface area contributed by atoms with Crippen LogP contribution in [-0.4, -0.2) is 57.7 Å². The van der Waals surface area contributed by atoms with Crippen LogP contribution < -0.4 is 15.8 Å². The van der Waals surface area contributed by atoms with Crippen LogP contribution in [0.3, 0.4) is 0 Å². The molecule has 3 aromatic rings. The first-order valence-corrected chi connectivity index (χ1v) is 10.9.